The van der Waals surface area contributed by atoms with Gasteiger partial charge in [0, 0.05) is 15.6 Å². The van der Waals surface area contributed by atoms with Gasteiger partial charge >= 0.3 is 0 Å². The van der Waals surface area contributed by atoms with Crippen molar-refractivity contribution in [2.75, 3.05) is 33.0 Å². The van der Waals surface area contributed by atoms with E-state index in [0.717, 1.165) is 4.47 Å². The van der Waals surface area contributed by atoms with Gasteiger partial charge in [-0.2, -0.15) is 0 Å². The van der Waals surface area contributed by atoms with Gasteiger partial charge in [0.15, 0.2) is 12.3 Å². The monoisotopic (exact) mass is 409 g/mol. The van der Waals surface area contributed by atoms with Crippen molar-refractivity contribution >= 4 is 44.9 Å². The normalized spacial score (nSPS) is 11.2. The largest absolute Gasteiger partial charge is 0.323 e. The van der Waals surface area contributed by atoms with Gasteiger partial charge in [0.1, 0.15) is 0 Å². The number of ketones is 1. The SMILES string of the molecule is C[N+](C)(C)CC(=O)Nc1ccc(Br)cc1C(=O)c1ccccc1Cl. The van der Waals surface area contributed by atoms with E-state index in [1.54, 1.807) is 42.5 Å². The third-order valence-corrected chi connectivity index (χ3v) is 4.06. The molecule has 0 radical (unpaired) electrons. The van der Waals surface area contributed by atoms with E-state index < -0.39 is 0 Å². The predicted octanol–water partition coefficient (Wildman–Crippen LogP) is 3.98. The van der Waals surface area contributed by atoms with Crippen molar-refractivity contribution in [3.63, 3.8) is 0 Å². The van der Waals surface area contributed by atoms with Crippen LogP contribution in [0.15, 0.2) is 46.9 Å². The lowest BCUT2D eigenvalue weighted by atomic mass is 10.0. The summed E-state index contributed by atoms with van der Waals surface area (Å²) < 4.78 is 1.25. The minimum Gasteiger partial charge on any atom is -0.323 e. The average Bonchev–Trinajstić information content (AvgIpc) is 2.47. The van der Waals surface area contributed by atoms with Gasteiger partial charge < -0.3 is 9.80 Å². The summed E-state index contributed by atoms with van der Waals surface area (Å²) in [5.74, 6) is -0.388. The minimum atomic E-state index is -0.234. The standard InChI is InChI=1S/C18H18BrClN2O2/c1-22(2,3)11-17(23)21-16-9-8-12(19)10-14(16)18(24)13-6-4-5-7-15(13)20/h4-10H,11H2,1-3H3/p+1. The van der Waals surface area contributed by atoms with Gasteiger partial charge in [-0.1, -0.05) is 39.7 Å². The summed E-state index contributed by atoms with van der Waals surface area (Å²) in [6, 6.07) is 12.0. The lowest BCUT2D eigenvalue weighted by Crippen LogP contribution is -2.41. The predicted molar refractivity (Wildman–Crippen MR) is 101 cm³/mol. The van der Waals surface area contributed by atoms with E-state index in [9.17, 15) is 9.59 Å². The number of carbonyl (C=O) groups is 2. The maximum Gasteiger partial charge on any atom is 0.279 e. The Bertz CT molecular complexity index is 785. The maximum atomic E-state index is 12.8. The molecule has 0 unspecified atom stereocenters. The van der Waals surface area contributed by atoms with Crippen LogP contribution >= 0.6 is 27.5 Å². The number of nitrogens with zero attached hydrogens (tertiary/aromatic N) is 1. The molecule has 0 aromatic heterocycles. The summed E-state index contributed by atoms with van der Waals surface area (Å²) in [5, 5.41) is 3.21. The highest BCUT2D eigenvalue weighted by Gasteiger charge is 2.20. The van der Waals surface area contributed by atoms with Crippen LogP contribution in [-0.4, -0.2) is 43.9 Å². The number of benzene rings is 2. The number of likely N-dealkylation sites (N-methyl/N-ethyl adjacent to an activating group) is 1. The average molecular weight is 411 g/mol. The molecule has 0 aliphatic rings. The van der Waals surface area contributed by atoms with E-state index in [4.69, 9.17) is 11.6 Å². The number of quaternary nitrogens is 1. The first-order valence-corrected chi connectivity index (χ1v) is 8.53. The van der Waals surface area contributed by atoms with Gasteiger partial charge in [-0.3, -0.25) is 9.59 Å². The summed E-state index contributed by atoms with van der Waals surface area (Å²) in [6.45, 7) is 0.301. The van der Waals surface area contributed by atoms with E-state index in [1.807, 2.05) is 21.1 Å². The molecule has 0 atom stereocenters. The highest BCUT2D eigenvalue weighted by Crippen LogP contribution is 2.26. The number of rotatable bonds is 5. The number of anilines is 1. The van der Waals surface area contributed by atoms with Crippen LogP contribution in [0.5, 0.6) is 0 Å². The second-order valence-electron chi connectivity index (χ2n) is 6.50. The molecule has 2 aromatic carbocycles. The molecule has 2 rings (SSSR count). The first-order chi connectivity index (χ1) is 11.2. The fourth-order valence-electron chi connectivity index (χ4n) is 2.22. The molecule has 0 aliphatic carbocycles. The van der Waals surface area contributed by atoms with Crippen molar-refractivity contribution in [3.8, 4) is 0 Å². The first-order valence-electron chi connectivity index (χ1n) is 7.36. The zero-order chi connectivity index (χ0) is 17.9. The molecule has 0 aliphatic heterocycles. The van der Waals surface area contributed by atoms with Crippen molar-refractivity contribution in [2.45, 2.75) is 0 Å². The lowest BCUT2D eigenvalue weighted by Gasteiger charge is -2.23. The Balaban J connectivity index is 2.36. The fraction of sp³-hybridized carbons (Fsp3) is 0.222. The van der Waals surface area contributed by atoms with Gasteiger partial charge in [0.25, 0.3) is 5.91 Å². The number of hydrogen-bond acceptors (Lipinski definition) is 2. The number of nitrogens with one attached hydrogen (secondary N) is 1. The lowest BCUT2D eigenvalue weighted by molar-refractivity contribution is -0.861. The van der Waals surface area contributed by atoms with Gasteiger partial charge in [0.05, 0.1) is 31.9 Å². The summed E-state index contributed by atoms with van der Waals surface area (Å²) in [6.07, 6.45) is 0. The van der Waals surface area contributed by atoms with E-state index >= 15 is 0 Å². The summed E-state index contributed by atoms with van der Waals surface area (Å²) in [7, 11) is 5.78. The molecule has 1 amide bonds. The molecule has 2 aromatic rings. The van der Waals surface area contributed by atoms with E-state index in [1.165, 1.54) is 0 Å². The molecule has 0 spiro atoms. The van der Waals surface area contributed by atoms with Crippen LogP contribution in [0, 0.1) is 0 Å². The van der Waals surface area contributed by atoms with Gasteiger partial charge in [-0.15, -0.1) is 0 Å². The van der Waals surface area contributed by atoms with Crippen LogP contribution in [0.4, 0.5) is 5.69 Å². The Morgan fingerprint density at radius 2 is 1.75 bits per heavy atom. The second-order valence-corrected chi connectivity index (χ2v) is 7.82. The number of hydrogen-bond donors (Lipinski definition) is 1. The zero-order valence-electron chi connectivity index (χ0n) is 13.8. The molecule has 6 heteroatoms. The van der Waals surface area contributed by atoms with Crippen LogP contribution in [-0.2, 0) is 4.79 Å². The van der Waals surface area contributed by atoms with Crippen molar-refractivity contribution in [1.82, 2.24) is 0 Å². The van der Waals surface area contributed by atoms with Crippen LogP contribution in [0.25, 0.3) is 0 Å². The Kier molecular flexibility index (Phi) is 5.80. The summed E-state index contributed by atoms with van der Waals surface area (Å²) in [4.78, 5) is 25.1. The van der Waals surface area contributed by atoms with Crippen molar-refractivity contribution in [2.24, 2.45) is 0 Å². The van der Waals surface area contributed by atoms with Gasteiger partial charge in [0.2, 0.25) is 0 Å². The fourth-order valence-corrected chi connectivity index (χ4v) is 2.81. The highest BCUT2D eigenvalue weighted by atomic mass is 79.9. The topological polar surface area (TPSA) is 46.2 Å². The number of carbonyl (C=O) groups excluding carboxylic acids is 2. The molecule has 0 bridgehead atoms. The second kappa shape index (κ2) is 7.47. The summed E-state index contributed by atoms with van der Waals surface area (Å²) in [5.41, 5.74) is 1.27. The van der Waals surface area contributed by atoms with E-state index in [-0.39, 0.29) is 11.7 Å². The number of halogens is 2. The molecule has 0 fully saturated rings. The van der Waals surface area contributed by atoms with Crippen LogP contribution in [0.2, 0.25) is 5.02 Å². The highest BCUT2D eigenvalue weighted by molar-refractivity contribution is 9.10. The van der Waals surface area contributed by atoms with Crippen LogP contribution in [0.1, 0.15) is 15.9 Å². The molecular weight excluding hydrogens is 392 g/mol. The Labute approximate surface area is 155 Å². The molecule has 1 N–H and O–H groups in total. The molecular formula is C18H19BrClN2O2+. The van der Waals surface area contributed by atoms with Gasteiger partial charge in [-0.25, -0.2) is 0 Å². The quantitative estimate of drug-likeness (QED) is 0.599. The third kappa shape index (κ3) is 4.90. The van der Waals surface area contributed by atoms with E-state index in [2.05, 4.69) is 21.2 Å². The van der Waals surface area contributed by atoms with Crippen LogP contribution < -0.4 is 5.32 Å². The molecule has 126 valence electrons. The molecule has 0 saturated heterocycles. The number of amides is 1. The molecule has 0 saturated carbocycles. The van der Waals surface area contributed by atoms with Crippen molar-refractivity contribution < 1.29 is 14.1 Å². The Morgan fingerprint density at radius 3 is 2.38 bits per heavy atom. The van der Waals surface area contributed by atoms with E-state index in [0.29, 0.717) is 32.9 Å². The molecule has 4 nitrogen and oxygen atoms in total. The first kappa shape index (κ1) is 18.6. The Morgan fingerprint density at radius 1 is 1.08 bits per heavy atom. The zero-order valence-corrected chi connectivity index (χ0v) is 16.1. The van der Waals surface area contributed by atoms with Crippen LogP contribution in [0.3, 0.4) is 0 Å². The molecule has 0 heterocycles. The third-order valence-electron chi connectivity index (χ3n) is 3.24. The van der Waals surface area contributed by atoms with Crippen molar-refractivity contribution in [3.05, 3.63) is 63.1 Å². The summed E-state index contributed by atoms with van der Waals surface area (Å²) >= 11 is 9.50. The smallest absolute Gasteiger partial charge is 0.279 e. The van der Waals surface area contributed by atoms with Gasteiger partial charge in [-0.05, 0) is 30.3 Å². The van der Waals surface area contributed by atoms with Crippen molar-refractivity contribution in [1.29, 1.82) is 0 Å². The molecule has 24 heavy (non-hydrogen) atoms. The maximum absolute atomic E-state index is 12.8. The minimum absolute atomic E-state index is 0.155. The Hall–Kier alpha value is -1.69.